The van der Waals surface area contributed by atoms with E-state index in [-0.39, 0.29) is 12.4 Å². The van der Waals surface area contributed by atoms with E-state index in [0.29, 0.717) is 6.61 Å². The Bertz CT molecular complexity index is 70.1. The minimum Gasteiger partial charge on any atom is -0.388 e. The van der Waals surface area contributed by atoms with Crippen molar-refractivity contribution in [2.75, 3.05) is 19.8 Å². The Morgan fingerprint density at radius 2 is 2.38 bits per heavy atom. The van der Waals surface area contributed by atoms with Crippen LogP contribution in [0.15, 0.2) is 0 Å². The van der Waals surface area contributed by atoms with Crippen molar-refractivity contribution in [3.63, 3.8) is 0 Å². The summed E-state index contributed by atoms with van der Waals surface area (Å²) in [6.07, 6.45) is 0. The van der Waals surface area contributed by atoms with Crippen LogP contribution >= 0.6 is 0 Å². The normalized spacial score (nSPS) is 9.25. The first-order valence-corrected chi connectivity index (χ1v) is 2.51. The van der Waals surface area contributed by atoms with E-state index >= 15 is 0 Å². The fourth-order valence-electron chi connectivity index (χ4n) is 0.262. The molecule has 0 aromatic carbocycles. The number of carbonyl (C=O) groups is 1. The molecule has 0 heterocycles. The van der Waals surface area contributed by atoms with E-state index < -0.39 is 6.61 Å². The van der Waals surface area contributed by atoms with Crippen molar-refractivity contribution in [3.8, 4) is 0 Å². The number of aliphatic hydroxyl groups is 1. The summed E-state index contributed by atoms with van der Waals surface area (Å²) < 4.78 is 4.68. The summed E-state index contributed by atoms with van der Waals surface area (Å²) in [5, 5.41) is 8.13. The monoisotopic (exact) mass is 118 g/mol. The molecule has 0 saturated carbocycles. The summed E-state index contributed by atoms with van der Waals surface area (Å²) in [6.45, 7) is 1.93. The Labute approximate surface area is 48.3 Å². The lowest BCUT2D eigenvalue weighted by Crippen LogP contribution is -2.11. The van der Waals surface area contributed by atoms with Gasteiger partial charge in [-0.1, -0.05) is 0 Å². The summed E-state index contributed by atoms with van der Waals surface area (Å²) in [4.78, 5) is 10.2. The zero-order valence-electron chi connectivity index (χ0n) is 4.89. The zero-order valence-corrected chi connectivity index (χ0v) is 4.89. The summed E-state index contributed by atoms with van der Waals surface area (Å²) in [5.74, 6) is -0.271. The first kappa shape index (κ1) is 7.59. The third-order valence-electron chi connectivity index (χ3n) is 0.644. The average Bonchev–Trinajstić information content (AvgIpc) is 1.83. The van der Waals surface area contributed by atoms with Crippen molar-refractivity contribution in [1.82, 2.24) is 0 Å². The number of ether oxygens (including phenoxy) is 1. The Hall–Kier alpha value is -0.410. The lowest BCUT2D eigenvalue weighted by Gasteiger charge is -1.94. The minimum absolute atomic E-state index is 0.0347. The van der Waals surface area contributed by atoms with Crippen LogP contribution in [0.4, 0.5) is 0 Å². The van der Waals surface area contributed by atoms with Gasteiger partial charge in [-0.3, -0.25) is 4.79 Å². The number of ketones is 1. The molecule has 0 atom stereocenters. The third kappa shape index (κ3) is 3.77. The molecule has 0 aliphatic rings. The van der Waals surface area contributed by atoms with Crippen LogP contribution in [0.2, 0.25) is 0 Å². The third-order valence-corrected chi connectivity index (χ3v) is 0.644. The predicted molar refractivity (Wildman–Crippen MR) is 28.6 cm³/mol. The lowest BCUT2D eigenvalue weighted by atomic mass is 10.5. The fourth-order valence-corrected chi connectivity index (χ4v) is 0.262. The Kier molecular flexibility index (Phi) is 4.50. The Balaban J connectivity index is 2.99. The van der Waals surface area contributed by atoms with Crippen molar-refractivity contribution >= 4 is 5.78 Å². The summed E-state index contributed by atoms with van der Waals surface area (Å²) in [6, 6.07) is 0. The van der Waals surface area contributed by atoms with Crippen LogP contribution in [0, 0.1) is 0 Å². The maximum Gasteiger partial charge on any atom is 0.183 e. The topological polar surface area (TPSA) is 46.5 Å². The number of hydrogen-bond acceptors (Lipinski definition) is 3. The highest BCUT2D eigenvalue weighted by Crippen LogP contribution is 1.73. The number of Topliss-reactive ketones (excluding diaryl/α,β-unsaturated/α-hetero) is 1. The molecule has 48 valence electrons. The molecule has 0 unspecified atom stereocenters. The van der Waals surface area contributed by atoms with Gasteiger partial charge in [-0.15, -0.1) is 0 Å². The average molecular weight is 118 g/mol. The lowest BCUT2D eigenvalue weighted by molar-refractivity contribution is -0.126. The molecular weight excluding hydrogens is 108 g/mol. The maximum absolute atomic E-state index is 10.2. The highest BCUT2D eigenvalue weighted by Gasteiger charge is 1.95. The molecule has 0 aromatic heterocycles. The van der Waals surface area contributed by atoms with Crippen molar-refractivity contribution < 1.29 is 14.6 Å². The highest BCUT2D eigenvalue weighted by atomic mass is 16.5. The van der Waals surface area contributed by atoms with Gasteiger partial charge < -0.3 is 9.84 Å². The van der Waals surface area contributed by atoms with Crippen LogP contribution in [0.1, 0.15) is 6.92 Å². The summed E-state index contributed by atoms with van der Waals surface area (Å²) >= 11 is 0. The molecule has 0 fully saturated rings. The second-order valence-corrected chi connectivity index (χ2v) is 1.33. The molecule has 0 aliphatic carbocycles. The summed E-state index contributed by atoms with van der Waals surface area (Å²) in [5.41, 5.74) is 0. The molecule has 3 heteroatoms. The van der Waals surface area contributed by atoms with Gasteiger partial charge in [0, 0.05) is 6.61 Å². The van der Waals surface area contributed by atoms with Crippen LogP contribution in [-0.2, 0) is 9.53 Å². The number of rotatable bonds is 4. The van der Waals surface area contributed by atoms with Crippen LogP contribution in [0.5, 0.6) is 0 Å². The molecular formula is C5H10O3. The molecule has 8 heavy (non-hydrogen) atoms. The van der Waals surface area contributed by atoms with Crippen molar-refractivity contribution in [1.29, 1.82) is 0 Å². The van der Waals surface area contributed by atoms with E-state index in [1.807, 2.05) is 0 Å². The fraction of sp³-hybridized carbons (Fsp3) is 0.800. The Morgan fingerprint density at radius 1 is 1.75 bits per heavy atom. The van der Waals surface area contributed by atoms with Gasteiger partial charge in [-0.25, -0.2) is 0 Å². The predicted octanol–water partition coefficient (Wildman–Crippen LogP) is -0.416. The molecule has 0 aliphatic heterocycles. The van der Waals surface area contributed by atoms with Crippen molar-refractivity contribution in [3.05, 3.63) is 0 Å². The number of aliphatic hydroxyl groups excluding tert-OH is 1. The first-order valence-electron chi connectivity index (χ1n) is 2.51. The quantitative estimate of drug-likeness (QED) is 0.545. The maximum atomic E-state index is 10.2. The SMILES string of the molecule is CCOCC(=O)CO. The number of carbonyl (C=O) groups excluding carboxylic acids is 1. The molecule has 0 rings (SSSR count). The molecule has 0 radical (unpaired) electrons. The molecule has 1 N–H and O–H groups in total. The largest absolute Gasteiger partial charge is 0.388 e. The van der Waals surface area contributed by atoms with Crippen LogP contribution < -0.4 is 0 Å². The summed E-state index contributed by atoms with van der Waals surface area (Å²) in [7, 11) is 0. The van der Waals surface area contributed by atoms with Gasteiger partial charge in [-0.2, -0.15) is 0 Å². The second-order valence-electron chi connectivity index (χ2n) is 1.33. The van der Waals surface area contributed by atoms with Gasteiger partial charge in [0.25, 0.3) is 0 Å². The van der Waals surface area contributed by atoms with E-state index in [2.05, 4.69) is 4.74 Å². The molecule has 0 saturated heterocycles. The smallest absolute Gasteiger partial charge is 0.183 e. The van der Waals surface area contributed by atoms with Gasteiger partial charge in [0.15, 0.2) is 5.78 Å². The van der Waals surface area contributed by atoms with Crippen LogP contribution in [0.25, 0.3) is 0 Å². The van der Waals surface area contributed by atoms with Gasteiger partial charge in [0.2, 0.25) is 0 Å². The molecule has 0 bridgehead atoms. The van der Waals surface area contributed by atoms with E-state index in [4.69, 9.17) is 5.11 Å². The molecule has 0 spiro atoms. The minimum atomic E-state index is -0.417. The van der Waals surface area contributed by atoms with Gasteiger partial charge >= 0.3 is 0 Å². The zero-order chi connectivity index (χ0) is 6.41. The van der Waals surface area contributed by atoms with E-state index in [0.717, 1.165) is 0 Å². The van der Waals surface area contributed by atoms with Crippen molar-refractivity contribution in [2.24, 2.45) is 0 Å². The molecule has 3 nitrogen and oxygen atoms in total. The van der Waals surface area contributed by atoms with Gasteiger partial charge in [-0.05, 0) is 6.92 Å². The van der Waals surface area contributed by atoms with E-state index in [9.17, 15) is 4.79 Å². The molecule has 0 amide bonds. The van der Waals surface area contributed by atoms with Crippen LogP contribution in [-0.4, -0.2) is 30.7 Å². The highest BCUT2D eigenvalue weighted by molar-refractivity contribution is 5.80. The van der Waals surface area contributed by atoms with Gasteiger partial charge in [0.1, 0.15) is 13.2 Å². The molecule has 0 aromatic rings. The standard InChI is InChI=1S/C5H10O3/c1-2-8-4-5(7)3-6/h6H,2-4H2,1H3. The van der Waals surface area contributed by atoms with E-state index in [1.54, 1.807) is 6.92 Å². The van der Waals surface area contributed by atoms with Crippen LogP contribution in [0.3, 0.4) is 0 Å². The van der Waals surface area contributed by atoms with Gasteiger partial charge in [0.05, 0.1) is 0 Å². The van der Waals surface area contributed by atoms with E-state index in [1.165, 1.54) is 0 Å². The second kappa shape index (κ2) is 4.74. The van der Waals surface area contributed by atoms with Crippen molar-refractivity contribution in [2.45, 2.75) is 6.92 Å². The number of hydrogen-bond donors (Lipinski definition) is 1. The first-order chi connectivity index (χ1) is 3.81. The Morgan fingerprint density at radius 3 is 2.75 bits per heavy atom.